The van der Waals surface area contributed by atoms with Gasteiger partial charge in [0, 0.05) is 19.3 Å². The van der Waals surface area contributed by atoms with Crippen LogP contribution in [0.4, 0.5) is 0 Å². The first-order valence-corrected chi connectivity index (χ1v) is 13.6. The number of amides is 4. The third kappa shape index (κ3) is 12.2. The van der Waals surface area contributed by atoms with Gasteiger partial charge in [-0.15, -0.1) is 0 Å². The van der Waals surface area contributed by atoms with Crippen LogP contribution < -0.4 is 33.2 Å². The quantitative estimate of drug-likeness (QED) is 0.118. The molecule has 0 aliphatic carbocycles. The van der Waals surface area contributed by atoms with Crippen molar-refractivity contribution in [2.45, 2.75) is 69.1 Å². The lowest BCUT2D eigenvalue weighted by molar-refractivity contribution is -0.142. The summed E-state index contributed by atoms with van der Waals surface area (Å²) < 4.78 is 0. The highest BCUT2D eigenvalue weighted by Crippen LogP contribution is 2.09. The van der Waals surface area contributed by atoms with Crippen molar-refractivity contribution in [3.63, 3.8) is 0 Å². The van der Waals surface area contributed by atoms with E-state index in [9.17, 15) is 29.1 Å². The molecule has 0 spiro atoms. The summed E-state index contributed by atoms with van der Waals surface area (Å²) >= 11 is 0. The van der Waals surface area contributed by atoms with Gasteiger partial charge in [-0.05, 0) is 43.4 Å². The van der Waals surface area contributed by atoms with Crippen molar-refractivity contribution in [2.75, 3.05) is 6.54 Å². The number of carbonyl (C=O) groups excluding carboxylic acids is 4. The molecule has 0 aliphatic heterocycles. The van der Waals surface area contributed by atoms with Gasteiger partial charge in [-0.1, -0.05) is 60.7 Å². The van der Waals surface area contributed by atoms with Crippen molar-refractivity contribution >= 4 is 29.6 Å². The van der Waals surface area contributed by atoms with E-state index in [0.717, 1.165) is 11.1 Å². The molecule has 0 radical (unpaired) electrons. The van der Waals surface area contributed by atoms with E-state index in [-0.39, 0.29) is 32.1 Å². The number of hydrogen-bond acceptors (Lipinski definition) is 7. The molecule has 4 unspecified atom stereocenters. The number of carboxylic acid groups (broad SMARTS) is 1. The van der Waals surface area contributed by atoms with E-state index in [1.165, 1.54) is 0 Å². The Balaban J connectivity index is 2.22. The first-order chi connectivity index (χ1) is 19.6. The van der Waals surface area contributed by atoms with Crippen LogP contribution in [-0.2, 0) is 36.8 Å². The Morgan fingerprint density at radius 2 is 1.17 bits per heavy atom. The molecule has 12 nitrogen and oxygen atoms in total. The number of nitrogens with one attached hydrogen (secondary N) is 3. The van der Waals surface area contributed by atoms with Gasteiger partial charge in [-0.25, -0.2) is 4.79 Å². The minimum atomic E-state index is -1.23. The second kappa shape index (κ2) is 17.4. The molecule has 4 atom stereocenters. The lowest BCUT2D eigenvalue weighted by Crippen LogP contribution is -2.57. The molecule has 0 aliphatic rings. The Labute approximate surface area is 239 Å². The predicted molar refractivity (Wildman–Crippen MR) is 153 cm³/mol. The smallest absolute Gasteiger partial charge is 0.326 e. The maximum Gasteiger partial charge on any atom is 0.326 e. The highest BCUT2D eigenvalue weighted by Gasteiger charge is 2.30. The Kier molecular flexibility index (Phi) is 14.0. The molecule has 2 rings (SSSR count). The van der Waals surface area contributed by atoms with E-state index in [1.807, 2.05) is 6.07 Å². The van der Waals surface area contributed by atoms with E-state index in [1.54, 1.807) is 54.6 Å². The third-order valence-electron chi connectivity index (χ3n) is 6.43. The van der Waals surface area contributed by atoms with Gasteiger partial charge in [0.15, 0.2) is 0 Å². The number of nitrogens with two attached hydrogens (primary N) is 3. The predicted octanol–water partition coefficient (Wildman–Crippen LogP) is -0.267. The first kappa shape index (κ1) is 32.9. The van der Waals surface area contributed by atoms with Crippen LogP contribution in [0.25, 0.3) is 0 Å². The third-order valence-corrected chi connectivity index (χ3v) is 6.43. The Hall–Kier alpha value is -4.29. The fourth-order valence-electron chi connectivity index (χ4n) is 4.12. The van der Waals surface area contributed by atoms with Crippen LogP contribution in [-0.4, -0.2) is 65.4 Å². The van der Waals surface area contributed by atoms with Crippen molar-refractivity contribution < 1.29 is 29.1 Å². The average Bonchev–Trinajstić information content (AvgIpc) is 2.95. The molecular weight excluding hydrogens is 528 g/mol. The highest BCUT2D eigenvalue weighted by molar-refractivity contribution is 5.94. The normalized spacial score (nSPS) is 13.7. The molecule has 4 amide bonds. The molecule has 0 fully saturated rings. The van der Waals surface area contributed by atoms with E-state index in [0.29, 0.717) is 19.4 Å². The number of benzene rings is 2. The molecule has 2 aromatic rings. The molecule has 2 aromatic carbocycles. The Morgan fingerprint density at radius 1 is 0.683 bits per heavy atom. The van der Waals surface area contributed by atoms with Gasteiger partial charge in [-0.3, -0.25) is 19.2 Å². The number of rotatable bonds is 18. The number of carbonyl (C=O) groups is 5. The van der Waals surface area contributed by atoms with Gasteiger partial charge < -0.3 is 38.3 Å². The molecule has 0 heterocycles. The van der Waals surface area contributed by atoms with Crippen molar-refractivity contribution in [3.8, 4) is 0 Å². The van der Waals surface area contributed by atoms with Crippen LogP contribution in [0.3, 0.4) is 0 Å². The van der Waals surface area contributed by atoms with Crippen molar-refractivity contribution in [3.05, 3.63) is 71.8 Å². The SMILES string of the molecule is NCCCCC(NC(=O)C(N)CCC(N)=O)C(=O)NC(Cc1ccccc1)C(=O)NC(Cc1ccccc1)C(=O)O. The Bertz CT molecular complexity index is 1150. The largest absolute Gasteiger partial charge is 0.480 e. The van der Waals surface area contributed by atoms with Gasteiger partial charge in [0.05, 0.1) is 6.04 Å². The van der Waals surface area contributed by atoms with Gasteiger partial charge in [0.25, 0.3) is 0 Å². The van der Waals surface area contributed by atoms with Crippen LogP contribution in [0.15, 0.2) is 60.7 Å². The second-order valence-electron chi connectivity index (χ2n) is 9.80. The molecule has 0 saturated heterocycles. The monoisotopic (exact) mass is 568 g/mol. The summed E-state index contributed by atoms with van der Waals surface area (Å²) in [4.78, 5) is 62.5. The van der Waals surface area contributed by atoms with Crippen molar-refractivity contribution in [2.24, 2.45) is 17.2 Å². The number of unbranched alkanes of at least 4 members (excludes halogenated alkanes) is 1. The van der Waals surface area contributed by atoms with Crippen molar-refractivity contribution in [1.29, 1.82) is 0 Å². The average molecular weight is 569 g/mol. The van der Waals surface area contributed by atoms with Crippen LogP contribution in [0.1, 0.15) is 43.2 Å². The molecule has 0 saturated carbocycles. The summed E-state index contributed by atoms with van der Waals surface area (Å²) in [5.74, 6) is -3.78. The van der Waals surface area contributed by atoms with Gasteiger partial charge in [0.2, 0.25) is 23.6 Å². The zero-order valence-corrected chi connectivity index (χ0v) is 23.0. The van der Waals surface area contributed by atoms with Gasteiger partial charge >= 0.3 is 5.97 Å². The zero-order valence-electron chi connectivity index (χ0n) is 23.0. The minimum absolute atomic E-state index is 0.00926. The number of aliphatic carboxylic acids is 1. The standard InChI is InChI=1S/C29H40N6O6/c30-16-8-7-13-22(33-26(37)21(31)14-15-25(32)36)27(38)34-23(17-19-9-3-1-4-10-19)28(39)35-24(29(40)41)18-20-11-5-2-6-12-20/h1-6,9-12,21-24H,7-8,13-18,30-31H2,(H2,32,36)(H,33,37)(H,34,38)(H,35,39)(H,40,41). The molecule has 41 heavy (non-hydrogen) atoms. The zero-order chi connectivity index (χ0) is 30.2. The lowest BCUT2D eigenvalue weighted by Gasteiger charge is -2.25. The fourth-order valence-corrected chi connectivity index (χ4v) is 4.12. The maximum absolute atomic E-state index is 13.4. The topological polar surface area (TPSA) is 220 Å². The molecule has 12 heteroatoms. The van der Waals surface area contributed by atoms with E-state index in [2.05, 4.69) is 16.0 Å². The highest BCUT2D eigenvalue weighted by atomic mass is 16.4. The van der Waals surface area contributed by atoms with E-state index in [4.69, 9.17) is 17.2 Å². The van der Waals surface area contributed by atoms with Crippen LogP contribution in [0, 0.1) is 0 Å². The second-order valence-corrected chi connectivity index (χ2v) is 9.80. The molecular formula is C29H40N6O6. The Morgan fingerprint density at radius 3 is 1.68 bits per heavy atom. The van der Waals surface area contributed by atoms with E-state index >= 15 is 0 Å². The van der Waals surface area contributed by atoms with Crippen LogP contribution >= 0.6 is 0 Å². The minimum Gasteiger partial charge on any atom is -0.480 e. The fraction of sp³-hybridized carbons (Fsp3) is 0.414. The molecule has 10 N–H and O–H groups in total. The molecule has 222 valence electrons. The summed E-state index contributed by atoms with van der Waals surface area (Å²) in [5, 5.41) is 17.6. The summed E-state index contributed by atoms with van der Waals surface area (Å²) in [6.07, 6.45) is 1.39. The summed E-state index contributed by atoms with van der Waals surface area (Å²) in [7, 11) is 0. The molecule has 0 bridgehead atoms. The number of carboxylic acids is 1. The van der Waals surface area contributed by atoms with Crippen molar-refractivity contribution in [1.82, 2.24) is 16.0 Å². The number of hydrogen-bond donors (Lipinski definition) is 7. The first-order valence-electron chi connectivity index (χ1n) is 13.6. The van der Waals surface area contributed by atoms with Crippen LogP contribution in [0.5, 0.6) is 0 Å². The summed E-state index contributed by atoms with van der Waals surface area (Å²) in [5.41, 5.74) is 18.1. The summed E-state index contributed by atoms with van der Waals surface area (Å²) in [6.45, 7) is 0.386. The number of primary amides is 1. The van der Waals surface area contributed by atoms with Crippen LogP contribution in [0.2, 0.25) is 0 Å². The lowest BCUT2D eigenvalue weighted by atomic mass is 10.0. The van der Waals surface area contributed by atoms with Gasteiger partial charge in [0.1, 0.15) is 18.1 Å². The van der Waals surface area contributed by atoms with Gasteiger partial charge in [-0.2, -0.15) is 0 Å². The van der Waals surface area contributed by atoms with E-state index < -0.39 is 53.8 Å². The molecule has 0 aromatic heterocycles. The summed E-state index contributed by atoms with van der Waals surface area (Å²) in [6, 6.07) is 13.3. The maximum atomic E-state index is 13.4.